The number of hydrogen-bond acceptors (Lipinski definition) is 3. The lowest BCUT2D eigenvalue weighted by atomic mass is 10.1. The summed E-state index contributed by atoms with van der Waals surface area (Å²) in [6.07, 6.45) is 0. The molecule has 1 aromatic heterocycles. The molecule has 5 heteroatoms. The Morgan fingerprint density at radius 3 is 2.50 bits per heavy atom. The lowest BCUT2D eigenvalue weighted by Gasteiger charge is -2.11. The van der Waals surface area contributed by atoms with Crippen LogP contribution in [0.5, 0.6) is 0 Å². The second-order valence-corrected chi connectivity index (χ2v) is 6.68. The maximum Gasteiger partial charge on any atom is 0.0738 e. The Bertz CT molecular complexity index is 578. The first-order valence-electron chi connectivity index (χ1n) is 6.61. The van der Waals surface area contributed by atoms with E-state index in [1.165, 1.54) is 16.2 Å². The lowest BCUT2D eigenvalue weighted by Crippen LogP contribution is -2.11. The fraction of sp³-hybridized carbons (Fsp3) is 0.400. The van der Waals surface area contributed by atoms with Gasteiger partial charge < -0.3 is 5.32 Å². The van der Waals surface area contributed by atoms with E-state index in [-0.39, 0.29) is 0 Å². The second-order valence-electron chi connectivity index (χ2n) is 4.84. The first-order valence-corrected chi connectivity index (χ1v) is 8.38. The molecule has 0 fully saturated rings. The molecule has 0 aliphatic carbocycles. The average molecular weight is 354 g/mol. The van der Waals surface area contributed by atoms with Crippen LogP contribution >= 0.6 is 27.7 Å². The molecule has 0 saturated carbocycles. The molecule has 0 amide bonds. The molecule has 1 aromatic carbocycles. The molecule has 0 bridgehead atoms. The summed E-state index contributed by atoms with van der Waals surface area (Å²) in [4.78, 5) is 1.28. The van der Waals surface area contributed by atoms with Crippen molar-refractivity contribution in [3.63, 3.8) is 0 Å². The molecule has 3 nitrogen and oxygen atoms in total. The molecule has 1 unspecified atom stereocenters. The highest BCUT2D eigenvalue weighted by Gasteiger charge is 2.11. The van der Waals surface area contributed by atoms with E-state index in [9.17, 15) is 0 Å². The summed E-state index contributed by atoms with van der Waals surface area (Å²) in [5, 5.41) is 7.67. The van der Waals surface area contributed by atoms with E-state index >= 15 is 0 Å². The number of thioether (sulfide) groups is 1. The molecule has 2 aromatic rings. The van der Waals surface area contributed by atoms with Gasteiger partial charge in [-0.1, -0.05) is 12.1 Å². The molecule has 0 aliphatic rings. The molecule has 1 heterocycles. The van der Waals surface area contributed by atoms with Crippen molar-refractivity contribution in [3.05, 3.63) is 45.7 Å². The van der Waals surface area contributed by atoms with E-state index in [4.69, 9.17) is 0 Å². The van der Waals surface area contributed by atoms with Crippen LogP contribution in [0, 0.1) is 6.92 Å². The van der Waals surface area contributed by atoms with Gasteiger partial charge in [0.05, 0.1) is 15.9 Å². The number of rotatable bonds is 5. The zero-order valence-corrected chi connectivity index (χ0v) is 14.7. The summed E-state index contributed by atoms with van der Waals surface area (Å²) < 4.78 is 3.07. The zero-order valence-electron chi connectivity index (χ0n) is 12.3. The van der Waals surface area contributed by atoms with Crippen LogP contribution < -0.4 is 5.32 Å². The van der Waals surface area contributed by atoms with Gasteiger partial charge in [0.25, 0.3) is 0 Å². The van der Waals surface area contributed by atoms with Crippen molar-refractivity contribution in [1.29, 1.82) is 0 Å². The number of hydrogen-bond donors (Lipinski definition) is 1. The topological polar surface area (TPSA) is 29.9 Å². The first kappa shape index (κ1) is 15.6. The van der Waals surface area contributed by atoms with Gasteiger partial charge in [-0.2, -0.15) is 5.10 Å². The van der Waals surface area contributed by atoms with Crippen LogP contribution in [-0.2, 0) is 12.8 Å². The number of nitrogens with one attached hydrogen (secondary N) is 1. The van der Waals surface area contributed by atoms with Gasteiger partial charge in [0.1, 0.15) is 0 Å². The fourth-order valence-electron chi connectivity index (χ4n) is 2.01. The predicted molar refractivity (Wildman–Crippen MR) is 89.1 cm³/mol. The van der Waals surface area contributed by atoms with Crippen molar-refractivity contribution in [2.75, 3.05) is 7.05 Å². The summed E-state index contributed by atoms with van der Waals surface area (Å²) in [5.41, 5.74) is 3.58. The molecular weight excluding hydrogens is 334 g/mol. The minimum Gasteiger partial charge on any atom is -0.313 e. The number of aromatic nitrogens is 2. The van der Waals surface area contributed by atoms with Crippen molar-refractivity contribution >= 4 is 27.7 Å². The van der Waals surface area contributed by atoms with Gasteiger partial charge >= 0.3 is 0 Å². The second kappa shape index (κ2) is 6.78. The third-order valence-electron chi connectivity index (χ3n) is 3.45. The highest BCUT2D eigenvalue weighted by molar-refractivity contribution is 9.10. The number of benzene rings is 1. The maximum absolute atomic E-state index is 4.42. The summed E-state index contributed by atoms with van der Waals surface area (Å²) >= 11 is 5.44. The van der Waals surface area contributed by atoms with Gasteiger partial charge in [0, 0.05) is 23.7 Å². The Morgan fingerprint density at radius 1 is 1.35 bits per heavy atom. The van der Waals surface area contributed by atoms with Crippen LogP contribution in [0.4, 0.5) is 0 Å². The third-order valence-corrected chi connectivity index (χ3v) is 5.51. The lowest BCUT2D eigenvalue weighted by molar-refractivity contribution is 0.652. The predicted octanol–water partition coefficient (Wildman–Crippen LogP) is 4.06. The van der Waals surface area contributed by atoms with Gasteiger partial charge in [-0.3, -0.25) is 4.68 Å². The summed E-state index contributed by atoms with van der Waals surface area (Å²) in [5.74, 6) is 0.916. The smallest absolute Gasteiger partial charge is 0.0738 e. The average Bonchev–Trinajstić information content (AvgIpc) is 2.70. The Hall–Kier alpha value is -0.780. The molecule has 0 radical (unpaired) electrons. The van der Waals surface area contributed by atoms with Crippen LogP contribution in [-0.4, -0.2) is 16.8 Å². The Kier molecular flexibility index (Phi) is 5.29. The first-order chi connectivity index (χ1) is 9.52. The largest absolute Gasteiger partial charge is 0.313 e. The standard InChI is InChI=1S/C15H20BrN3S/c1-10(17-3)12-5-7-13(8-6-12)20-9-14-15(16)11(2)18-19(14)4/h5-8,10,17H,9H2,1-4H3. The van der Waals surface area contributed by atoms with E-state index in [2.05, 4.69) is 57.5 Å². The fourth-order valence-corrected chi connectivity index (χ4v) is 3.63. The maximum atomic E-state index is 4.42. The molecule has 1 atom stereocenters. The van der Waals surface area contributed by atoms with Gasteiger partial charge in [0.15, 0.2) is 0 Å². The van der Waals surface area contributed by atoms with Gasteiger partial charge in [-0.25, -0.2) is 0 Å². The number of aryl methyl sites for hydroxylation is 2. The molecule has 108 valence electrons. The third kappa shape index (κ3) is 3.45. The van der Waals surface area contributed by atoms with E-state index in [1.807, 2.05) is 37.5 Å². The molecule has 2 rings (SSSR count). The van der Waals surface area contributed by atoms with E-state index in [0.29, 0.717) is 6.04 Å². The molecular formula is C15H20BrN3S. The normalized spacial score (nSPS) is 12.7. The summed E-state index contributed by atoms with van der Waals surface area (Å²) in [7, 11) is 3.97. The van der Waals surface area contributed by atoms with E-state index < -0.39 is 0 Å². The van der Waals surface area contributed by atoms with Crippen molar-refractivity contribution < 1.29 is 0 Å². The highest BCUT2D eigenvalue weighted by Crippen LogP contribution is 2.29. The van der Waals surface area contributed by atoms with Crippen LogP contribution in [0.25, 0.3) is 0 Å². The minimum absolute atomic E-state index is 0.392. The van der Waals surface area contributed by atoms with E-state index in [1.54, 1.807) is 0 Å². The van der Waals surface area contributed by atoms with Crippen LogP contribution in [0.1, 0.15) is 29.9 Å². The van der Waals surface area contributed by atoms with Crippen molar-refractivity contribution in [2.24, 2.45) is 7.05 Å². The summed E-state index contributed by atoms with van der Waals surface area (Å²) in [6.45, 7) is 4.18. The van der Waals surface area contributed by atoms with Gasteiger partial charge in [0.2, 0.25) is 0 Å². The van der Waals surface area contributed by atoms with Crippen molar-refractivity contribution in [3.8, 4) is 0 Å². The molecule has 0 spiro atoms. The van der Waals surface area contributed by atoms with E-state index in [0.717, 1.165) is 15.9 Å². The molecule has 1 N–H and O–H groups in total. The van der Waals surface area contributed by atoms with Crippen LogP contribution in [0.15, 0.2) is 33.6 Å². The summed E-state index contributed by atoms with van der Waals surface area (Å²) in [6, 6.07) is 9.14. The van der Waals surface area contributed by atoms with Crippen molar-refractivity contribution in [2.45, 2.75) is 30.5 Å². The molecule has 0 saturated heterocycles. The number of nitrogens with zero attached hydrogens (tertiary/aromatic N) is 2. The monoisotopic (exact) mass is 353 g/mol. The molecule has 20 heavy (non-hydrogen) atoms. The van der Waals surface area contributed by atoms with Crippen LogP contribution in [0.3, 0.4) is 0 Å². The minimum atomic E-state index is 0.392. The Morgan fingerprint density at radius 2 is 2.00 bits per heavy atom. The highest BCUT2D eigenvalue weighted by atomic mass is 79.9. The Labute approximate surface area is 133 Å². The molecule has 0 aliphatic heterocycles. The van der Waals surface area contributed by atoms with Crippen LogP contribution in [0.2, 0.25) is 0 Å². The Balaban J connectivity index is 2.04. The van der Waals surface area contributed by atoms with Crippen molar-refractivity contribution in [1.82, 2.24) is 15.1 Å². The quantitative estimate of drug-likeness (QED) is 0.821. The van der Waals surface area contributed by atoms with Gasteiger partial charge in [-0.15, -0.1) is 11.8 Å². The SMILES string of the molecule is CNC(C)c1ccc(SCc2c(Br)c(C)nn2C)cc1. The zero-order chi connectivity index (χ0) is 14.7. The number of halogens is 1. The van der Waals surface area contributed by atoms with Gasteiger partial charge in [-0.05, 0) is 54.5 Å².